The third kappa shape index (κ3) is 6.04. The van der Waals surface area contributed by atoms with Crippen LogP contribution in [0.25, 0.3) is 11.0 Å². The number of carbonyl (C=O) groups is 2. The average molecular weight is 488 g/mol. The third-order valence-electron chi connectivity index (χ3n) is 5.20. The Morgan fingerprint density at radius 1 is 0.943 bits per heavy atom. The number of rotatable bonds is 7. The van der Waals surface area contributed by atoms with Crippen molar-refractivity contribution < 1.29 is 18.7 Å². The summed E-state index contributed by atoms with van der Waals surface area (Å²) in [4.78, 5) is 25.1. The molecule has 0 saturated heterocycles. The molecule has 0 aliphatic carbocycles. The first-order valence-corrected chi connectivity index (χ1v) is 11.6. The number of nitrogens with one attached hydrogen (secondary N) is 3. The van der Waals surface area contributed by atoms with Crippen molar-refractivity contribution >= 4 is 51.5 Å². The van der Waals surface area contributed by atoms with E-state index in [-0.39, 0.29) is 22.7 Å². The second-order valence-corrected chi connectivity index (χ2v) is 8.32. The molecule has 0 unspecified atom stereocenters. The number of amides is 2. The van der Waals surface area contributed by atoms with Gasteiger partial charge in [0.15, 0.2) is 10.9 Å². The topological polar surface area (TPSA) is 92.6 Å². The maximum Gasteiger partial charge on any atom is 0.291 e. The number of aryl methyl sites for hydroxylation is 1. The first kappa shape index (κ1) is 24.0. The van der Waals surface area contributed by atoms with Crippen LogP contribution in [0.4, 0.5) is 11.4 Å². The Bertz CT molecular complexity index is 1350. The largest absolute Gasteiger partial charge is 0.494 e. The summed E-state index contributed by atoms with van der Waals surface area (Å²) in [5.41, 5.74) is 3.26. The van der Waals surface area contributed by atoms with Crippen molar-refractivity contribution in [3.8, 4) is 5.75 Å². The van der Waals surface area contributed by atoms with Gasteiger partial charge >= 0.3 is 0 Å². The molecular weight excluding hydrogens is 462 g/mol. The Labute approximate surface area is 208 Å². The molecule has 35 heavy (non-hydrogen) atoms. The number of furan rings is 1. The van der Waals surface area contributed by atoms with Crippen LogP contribution in [0.2, 0.25) is 0 Å². The van der Waals surface area contributed by atoms with E-state index in [0.29, 0.717) is 34.9 Å². The van der Waals surface area contributed by atoms with Crippen molar-refractivity contribution in [2.75, 3.05) is 17.2 Å². The van der Waals surface area contributed by atoms with Gasteiger partial charge in [-0.25, -0.2) is 0 Å². The van der Waals surface area contributed by atoms with Crippen LogP contribution in [-0.4, -0.2) is 23.5 Å². The van der Waals surface area contributed by atoms with Gasteiger partial charge in [-0.15, -0.1) is 0 Å². The number of hydrogen-bond acceptors (Lipinski definition) is 5. The zero-order valence-corrected chi connectivity index (χ0v) is 20.2. The second kappa shape index (κ2) is 10.8. The Balaban J connectivity index is 1.34. The Morgan fingerprint density at radius 2 is 1.71 bits per heavy atom. The number of benzene rings is 3. The quantitative estimate of drug-likeness (QED) is 0.281. The minimum absolute atomic E-state index is 0.166. The number of carbonyl (C=O) groups excluding carboxylic acids is 2. The number of thiocarbonyl (C=S) groups is 1. The van der Waals surface area contributed by atoms with E-state index in [1.807, 2.05) is 44.2 Å². The van der Waals surface area contributed by atoms with Crippen molar-refractivity contribution in [3.05, 3.63) is 89.7 Å². The molecule has 0 aliphatic rings. The highest BCUT2D eigenvalue weighted by Crippen LogP contribution is 2.23. The van der Waals surface area contributed by atoms with Crippen LogP contribution >= 0.6 is 12.2 Å². The van der Waals surface area contributed by atoms with Crippen molar-refractivity contribution in [2.24, 2.45) is 0 Å². The number of ether oxygens (including phenoxy) is 1. The lowest BCUT2D eigenvalue weighted by Crippen LogP contribution is -2.34. The second-order valence-electron chi connectivity index (χ2n) is 7.91. The average Bonchev–Trinajstić information content (AvgIpc) is 3.29. The van der Waals surface area contributed by atoms with E-state index in [9.17, 15) is 9.59 Å². The molecule has 0 aliphatic heterocycles. The molecule has 3 aromatic carbocycles. The van der Waals surface area contributed by atoms with E-state index >= 15 is 0 Å². The summed E-state index contributed by atoms with van der Waals surface area (Å²) in [5.74, 6) is 0.295. The lowest BCUT2D eigenvalue weighted by Gasteiger charge is -2.13. The zero-order chi connectivity index (χ0) is 24.8. The molecule has 2 amide bonds. The molecule has 1 heterocycles. The number of anilines is 2. The fourth-order valence-electron chi connectivity index (χ4n) is 3.42. The molecule has 0 saturated carbocycles. The van der Waals surface area contributed by atoms with E-state index in [0.717, 1.165) is 17.4 Å². The lowest BCUT2D eigenvalue weighted by atomic mass is 10.1. The van der Waals surface area contributed by atoms with Crippen LogP contribution in [0, 0.1) is 6.92 Å². The fourth-order valence-corrected chi connectivity index (χ4v) is 3.63. The van der Waals surface area contributed by atoms with E-state index in [4.69, 9.17) is 21.4 Å². The van der Waals surface area contributed by atoms with Crippen molar-refractivity contribution in [3.63, 3.8) is 0 Å². The monoisotopic (exact) mass is 487 g/mol. The van der Waals surface area contributed by atoms with Gasteiger partial charge in [-0.05, 0) is 85.7 Å². The molecule has 0 radical (unpaired) electrons. The van der Waals surface area contributed by atoms with Gasteiger partial charge in [-0.1, -0.05) is 25.1 Å². The van der Waals surface area contributed by atoms with Gasteiger partial charge in [0.1, 0.15) is 11.3 Å². The predicted octanol–water partition coefficient (Wildman–Crippen LogP) is 5.91. The smallest absolute Gasteiger partial charge is 0.291 e. The van der Waals surface area contributed by atoms with E-state index < -0.39 is 0 Å². The van der Waals surface area contributed by atoms with Crippen molar-refractivity contribution in [2.45, 2.75) is 20.3 Å². The molecule has 0 fully saturated rings. The molecule has 0 bridgehead atoms. The van der Waals surface area contributed by atoms with Gasteiger partial charge in [-0.3, -0.25) is 14.9 Å². The van der Waals surface area contributed by atoms with Crippen LogP contribution < -0.4 is 20.7 Å². The summed E-state index contributed by atoms with van der Waals surface area (Å²) < 4.78 is 11.2. The minimum Gasteiger partial charge on any atom is -0.494 e. The number of hydrogen-bond donors (Lipinski definition) is 3. The Morgan fingerprint density at radius 3 is 2.43 bits per heavy atom. The van der Waals surface area contributed by atoms with Crippen LogP contribution in [0.1, 0.15) is 39.8 Å². The fraction of sp³-hybridized carbons (Fsp3) is 0.148. The van der Waals surface area contributed by atoms with Gasteiger partial charge < -0.3 is 19.8 Å². The van der Waals surface area contributed by atoms with Crippen molar-refractivity contribution in [1.29, 1.82) is 0 Å². The molecule has 0 spiro atoms. The van der Waals surface area contributed by atoms with Gasteiger partial charge in [0, 0.05) is 22.3 Å². The summed E-state index contributed by atoms with van der Waals surface area (Å²) in [6.07, 6.45) is 0.913. The maximum absolute atomic E-state index is 12.6. The van der Waals surface area contributed by atoms with Crippen LogP contribution in [0.15, 0.2) is 77.2 Å². The number of para-hydroxylation sites is 1. The summed E-state index contributed by atoms with van der Waals surface area (Å²) >= 11 is 5.29. The first-order valence-electron chi connectivity index (χ1n) is 11.2. The van der Waals surface area contributed by atoms with Crippen molar-refractivity contribution in [1.82, 2.24) is 5.32 Å². The lowest BCUT2D eigenvalue weighted by molar-refractivity contribution is 0.0975. The normalized spacial score (nSPS) is 10.6. The summed E-state index contributed by atoms with van der Waals surface area (Å²) in [6.45, 7) is 4.52. The summed E-state index contributed by atoms with van der Waals surface area (Å²) in [7, 11) is 0. The van der Waals surface area contributed by atoms with E-state index in [1.54, 1.807) is 42.5 Å². The summed E-state index contributed by atoms with van der Waals surface area (Å²) in [5, 5.41) is 9.56. The van der Waals surface area contributed by atoms with E-state index in [1.165, 1.54) is 0 Å². The summed E-state index contributed by atoms with van der Waals surface area (Å²) in [6, 6.07) is 21.4. The van der Waals surface area contributed by atoms with Gasteiger partial charge in [0.05, 0.1) is 6.61 Å². The molecule has 4 rings (SSSR count). The first-order chi connectivity index (χ1) is 16.9. The molecular formula is C27H25N3O4S. The van der Waals surface area contributed by atoms with Crippen LogP contribution in [0.3, 0.4) is 0 Å². The maximum atomic E-state index is 12.6. The predicted molar refractivity (Wildman–Crippen MR) is 141 cm³/mol. The molecule has 7 nitrogen and oxygen atoms in total. The SMILES string of the molecule is CCCOc1ccc(C(=O)NC(=S)Nc2ccc(NC(=O)c3cc4ccccc4o3)c(C)c2)cc1. The highest BCUT2D eigenvalue weighted by Gasteiger charge is 2.14. The molecule has 3 N–H and O–H groups in total. The van der Waals surface area contributed by atoms with Crippen LogP contribution in [0.5, 0.6) is 5.75 Å². The Kier molecular flexibility index (Phi) is 7.42. The third-order valence-corrected chi connectivity index (χ3v) is 5.40. The molecule has 0 atom stereocenters. The molecule has 178 valence electrons. The van der Waals surface area contributed by atoms with Crippen LogP contribution in [-0.2, 0) is 0 Å². The molecule has 1 aromatic heterocycles. The van der Waals surface area contributed by atoms with Gasteiger partial charge in [0.2, 0.25) is 0 Å². The minimum atomic E-state index is -0.334. The standard InChI is InChI=1S/C27H25N3O4S/c1-3-14-33-21-11-8-18(9-12-21)25(31)30-27(35)28-20-10-13-22(17(2)15-20)29-26(32)24-16-19-6-4-5-7-23(19)34-24/h4-13,15-16H,3,14H2,1-2H3,(H,29,32)(H2,28,30,31,35). The highest BCUT2D eigenvalue weighted by atomic mass is 32.1. The molecule has 4 aromatic rings. The zero-order valence-electron chi connectivity index (χ0n) is 19.4. The van der Waals surface area contributed by atoms with E-state index in [2.05, 4.69) is 16.0 Å². The van der Waals surface area contributed by atoms with Gasteiger partial charge in [-0.2, -0.15) is 0 Å². The Hall–Kier alpha value is -4.17. The number of fused-ring (bicyclic) bond motifs is 1. The van der Waals surface area contributed by atoms with Gasteiger partial charge in [0.25, 0.3) is 11.8 Å². The highest BCUT2D eigenvalue weighted by molar-refractivity contribution is 7.80. The molecule has 8 heteroatoms.